The summed E-state index contributed by atoms with van der Waals surface area (Å²) in [6, 6.07) is 0.286. The maximum atomic E-state index is 12.2. The largest absolute Gasteiger partial charge is 0.381 e. The standard InChI is InChI=1S/C13H26N2O3S/c1-2-11-4-3-7-14-13(11)10-15-19(16,17)12-5-8-18-9-6-12/h11-15H,2-10H2,1H3. The second-order valence-corrected chi connectivity index (χ2v) is 7.62. The van der Waals surface area contributed by atoms with Crippen molar-refractivity contribution in [2.45, 2.75) is 50.3 Å². The number of nitrogens with one attached hydrogen (secondary N) is 2. The van der Waals surface area contributed by atoms with E-state index in [0.29, 0.717) is 38.5 Å². The second kappa shape index (κ2) is 7.02. The van der Waals surface area contributed by atoms with Crippen LogP contribution in [0.1, 0.15) is 39.0 Å². The minimum Gasteiger partial charge on any atom is -0.381 e. The molecule has 0 radical (unpaired) electrons. The number of sulfonamides is 1. The van der Waals surface area contributed by atoms with Crippen LogP contribution in [0, 0.1) is 5.92 Å². The molecule has 0 amide bonds. The van der Waals surface area contributed by atoms with Gasteiger partial charge in [-0.05, 0) is 38.1 Å². The van der Waals surface area contributed by atoms with Crippen molar-refractivity contribution in [1.29, 1.82) is 0 Å². The van der Waals surface area contributed by atoms with E-state index < -0.39 is 10.0 Å². The highest BCUT2D eigenvalue weighted by Crippen LogP contribution is 2.20. The zero-order valence-electron chi connectivity index (χ0n) is 11.7. The molecule has 0 bridgehead atoms. The molecule has 2 saturated heterocycles. The lowest BCUT2D eigenvalue weighted by atomic mass is 9.89. The van der Waals surface area contributed by atoms with Gasteiger partial charge in [0.05, 0.1) is 5.25 Å². The van der Waals surface area contributed by atoms with Crippen molar-refractivity contribution in [2.24, 2.45) is 5.92 Å². The Labute approximate surface area is 116 Å². The van der Waals surface area contributed by atoms with Gasteiger partial charge in [-0.15, -0.1) is 0 Å². The predicted octanol–water partition coefficient (Wildman–Crippen LogP) is 0.863. The van der Waals surface area contributed by atoms with Crippen LogP contribution >= 0.6 is 0 Å². The van der Waals surface area contributed by atoms with E-state index in [1.165, 1.54) is 12.8 Å². The summed E-state index contributed by atoms with van der Waals surface area (Å²) in [5, 5.41) is 3.17. The fourth-order valence-corrected chi connectivity index (χ4v) is 4.52. The minimum atomic E-state index is -3.18. The number of piperidine rings is 1. The van der Waals surface area contributed by atoms with Gasteiger partial charge in [-0.25, -0.2) is 13.1 Å². The van der Waals surface area contributed by atoms with Crippen LogP contribution < -0.4 is 10.0 Å². The summed E-state index contributed by atoms with van der Waals surface area (Å²) < 4.78 is 32.5. The Kier molecular flexibility index (Phi) is 5.62. The van der Waals surface area contributed by atoms with Gasteiger partial charge >= 0.3 is 0 Å². The number of ether oxygens (including phenoxy) is 1. The molecule has 5 nitrogen and oxygen atoms in total. The molecule has 0 spiro atoms. The van der Waals surface area contributed by atoms with Crippen molar-refractivity contribution in [1.82, 2.24) is 10.0 Å². The first-order chi connectivity index (χ1) is 9.13. The fourth-order valence-electron chi connectivity index (χ4n) is 3.06. The molecular formula is C13H26N2O3S. The molecule has 2 fully saturated rings. The van der Waals surface area contributed by atoms with Crippen molar-refractivity contribution in [2.75, 3.05) is 26.3 Å². The highest BCUT2D eigenvalue weighted by atomic mass is 32.2. The molecule has 0 saturated carbocycles. The summed E-state index contributed by atoms with van der Waals surface area (Å²) in [5.74, 6) is 0.589. The van der Waals surface area contributed by atoms with Crippen LogP contribution in [-0.2, 0) is 14.8 Å². The van der Waals surface area contributed by atoms with E-state index in [2.05, 4.69) is 17.0 Å². The minimum absolute atomic E-state index is 0.273. The molecule has 6 heteroatoms. The lowest BCUT2D eigenvalue weighted by molar-refractivity contribution is 0.0981. The highest BCUT2D eigenvalue weighted by Gasteiger charge is 2.30. The molecule has 19 heavy (non-hydrogen) atoms. The Balaban J connectivity index is 1.85. The fraction of sp³-hybridized carbons (Fsp3) is 1.00. The van der Waals surface area contributed by atoms with Crippen LogP contribution in [0.4, 0.5) is 0 Å². The third-order valence-corrected chi connectivity index (χ3v) is 6.28. The van der Waals surface area contributed by atoms with Crippen LogP contribution in [-0.4, -0.2) is 46.0 Å². The second-order valence-electron chi connectivity index (χ2n) is 5.58. The Morgan fingerprint density at radius 3 is 2.68 bits per heavy atom. The molecule has 0 aromatic carbocycles. The zero-order chi connectivity index (χ0) is 13.7. The van der Waals surface area contributed by atoms with Crippen LogP contribution in [0.25, 0.3) is 0 Å². The van der Waals surface area contributed by atoms with Gasteiger partial charge in [-0.3, -0.25) is 0 Å². The van der Waals surface area contributed by atoms with Gasteiger partial charge < -0.3 is 10.1 Å². The van der Waals surface area contributed by atoms with Gasteiger partial charge in [0.1, 0.15) is 0 Å². The quantitative estimate of drug-likeness (QED) is 0.788. The van der Waals surface area contributed by atoms with Crippen molar-refractivity contribution in [3.05, 3.63) is 0 Å². The predicted molar refractivity (Wildman–Crippen MR) is 75.6 cm³/mol. The molecule has 112 valence electrons. The van der Waals surface area contributed by atoms with Crippen LogP contribution in [0.15, 0.2) is 0 Å². The highest BCUT2D eigenvalue weighted by molar-refractivity contribution is 7.90. The van der Waals surface area contributed by atoms with E-state index >= 15 is 0 Å². The first-order valence-corrected chi connectivity index (χ1v) is 8.97. The maximum absolute atomic E-state index is 12.2. The van der Waals surface area contributed by atoms with Crippen LogP contribution in [0.2, 0.25) is 0 Å². The van der Waals surface area contributed by atoms with Gasteiger partial charge in [0.2, 0.25) is 10.0 Å². The number of rotatable bonds is 5. The van der Waals surface area contributed by atoms with Crippen molar-refractivity contribution in [3.63, 3.8) is 0 Å². The lowest BCUT2D eigenvalue weighted by Gasteiger charge is -2.32. The molecule has 2 N–H and O–H groups in total. The molecule has 0 aromatic rings. The normalized spacial score (nSPS) is 30.4. The van der Waals surface area contributed by atoms with E-state index in [4.69, 9.17) is 4.74 Å². The van der Waals surface area contributed by atoms with Gasteiger partial charge in [0, 0.05) is 25.8 Å². The van der Waals surface area contributed by atoms with Gasteiger partial charge in [0.15, 0.2) is 0 Å². The van der Waals surface area contributed by atoms with E-state index in [1.54, 1.807) is 0 Å². The first-order valence-electron chi connectivity index (χ1n) is 7.43. The van der Waals surface area contributed by atoms with Crippen molar-refractivity contribution < 1.29 is 13.2 Å². The zero-order valence-corrected chi connectivity index (χ0v) is 12.5. The van der Waals surface area contributed by atoms with E-state index in [9.17, 15) is 8.42 Å². The van der Waals surface area contributed by atoms with E-state index in [-0.39, 0.29) is 11.3 Å². The lowest BCUT2D eigenvalue weighted by Crippen LogP contribution is -2.50. The average molecular weight is 290 g/mol. The van der Waals surface area contributed by atoms with Crippen LogP contribution in [0.5, 0.6) is 0 Å². The average Bonchev–Trinajstić information content (AvgIpc) is 2.46. The molecule has 2 unspecified atom stereocenters. The van der Waals surface area contributed by atoms with E-state index in [0.717, 1.165) is 13.0 Å². The number of hydrogen-bond donors (Lipinski definition) is 2. The SMILES string of the molecule is CCC1CCCNC1CNS(=O)(=O)C1CCOCC1. The third-order valence-electron chi connectivity index (χ3n) is 4.36. The molecule has 2 heterocycles. The molecule has 2 aliphatic heterocycles. The molecule has 0 aliphatic carbocycles. The Bertz CT molecular complexity index is 366. The van der Waals surface area contributed by atoms with Crippen molar-refractivity contribution >= 4 is 10.0 Å². The van der Waals surface area contributed by atoms with Crippen LogP contribution in [0.3, 0.4) is 0 Å². The third kappa shape index (κ3) is 4.15. The molecule has 2 rings (SSSR count). The summed E-state index contributed by atoms with van der Waals surface area (Å²) >= 11 is 0. The molecular weight excluding hydrogens is 264 g/mol. The van der Waals surface area contributed by atoms with Crippen molar-refractivity contribution in [3.8, 4) is 0 Å². The smallest absolute Gasteiger partial charge is 0.214 e. The Morgan fingerprint density at radius 2 is 2.00 bits per heavy atom. The summed E-state index contributed by atoms with van der Waals surface area (Å²) in [7, 11) is -3.18. The molecule has 2 aliphatic rings. The summed E-state index contributed by atoms with van der Waals surface area (Å²) in [4.78, 5) is 0. The molecule has 0 aromatic heterocycles. The van der Waals surface area contributed by atoms with Gasteiger partial charge in [-0.2, -0.15) is 0 Å². The maximum Gasteiger partial charge on any atom is 0.214 e. The van der Waals surface area contributed by atoms with Gasteiger partial charge in [-0.1, -0.05) is 13.3 Å². The summed E-state index contributed by atoms with van der Waals surface area (Å²) in [6.07, 6.45) is 4.74. The molecule has 2 atom stereocenters. The summed E-state index contributed by atoms with van der Waals surface area (Å²) in [6.45, 7) is 4.83. The number of hydrogen-bond acceptors (Lipinski definition) is 4. The monoisotopic (exact) mass is 290 g/mol. The van der Waals surface area contributed by atoms with E-state index in [1.807, 2.05) is 0 Å². The topological polar surface area (TPSA) is 67.4 Å². The Hall–Kier alpha value is -0.170. The first kappa shape index (κ1) is 15.2. The summed E-state index contributed by atoms with van der Waals surface area (Å²) in [5.41, 5.74) is 0. The van der Waals surface area contributed by atoms with Gasteiger partial charge in [0.25, 0.3) is 0 Å². The Morgan fingerprint density at radius 1 is 1.26 bits per heavy atom.